The van der Waals surface area contributed by atoms with Crippen molar-refractivity contribution in [1.29, 1.82) is 0 Å². The van der Waals surface area contributed by atoms with Crippen LogP contribution in [0.3, 0.4) is 0 Å². The average molecular weight is 301 g/mol. The summed E-state index contributed by atoms with van der Waals surface area (Å²) in [6, 6.07) is 6.81. The summed E-state index contributed by atoms with van der Waals surface area (Å²) in [7, 11) is -2.01. The molecule has 20 heavy (non-hydrogen) atoms. The number of rotatable bonds is 8. The Morgan fingerprint density at radius 2 is 1.90 bits per heavy atom. The third-order valence-corrected chi connectivity index (χ3v) is 4.06. The number of hydrogen-bond acceptors (Lipinski definition) is 4. The Kier molecular flexibility index (Phi) is 6.25. The number of anilines is 1. The van der Waals surface area contributed by atoms with E-state index in [0.29, 0.717) is 30.9 Å². The van der Waals surface area contributed by atoms with Crippen molar-refractivity contribution in [3.63, 3.8) is 0 Å². The van der Waals surface area contributed by atoms with Crippen molar-refractivity contribution < 1.29 is 13.2 Å². The molecule has 7 heteroatoms. The molecule has 114 valence electrons. The summed E-state index contributed by atoms with van der Waals surface area (Å²) in [5.74, 6) is 0.708. The predicted molar refractivity (Wildman–Crippen MR) is 81.0 cm³/mol. The first kappa shape index (κ1) is 16.7. The van der Waals surface area contributed by atoms with Crippen molar-refractivity contribution in [2.45, 2.75) is 26.4 Å². The van der Waals surface area contributed by atoms with Gasteiger partial charge in [0.25, 0.3) is 0 Å². The van der Waals surface area contributed by atoms with E-state index in [1.807, 2.05) is 13.8 Å². The maximum atomic E-state index is 12.0. The molecule has 0 aromatic heterocycles. The van der Waals surface area contributed by atoms with Crippen LogP contribution in [0.4, 0.5) is 5.69 Å². The first-order valence-corrected chi connectivity index (χ1v) is 8.00. The summed E-state index contributed by atoms with van der Waals surface area (Å²) in [6.07, 6.45) is 0.707. The molecule has 0 bridgehead atoms. The first-order chi connectivity index (χ1) is 9.35. The molecule has 1 aromatic rings. The van der Waals surface area contributed by atoms with Crippen molar-refractivity contribution in [1.82, 2.24) is 4.31 Å². The van der Waals surface area contributed by atoms with Gasteiger partial charge in [-0.2, -0.15) is 12.7 Å². The highest BCUT2D eigenvalue weighted by atomic mass is 32.2. The van der Waals surface area contributed by atoms with Crippen LogP contribution in [0.5, 0.6) is 5.75 Å². The third kappa shape index (κ3) is 5.36. The van der Waals surface area contributed by atoms with E-state index >= 15 is 0 Å². The highest BCUT2D eigenvalue weighted by Gasteiger charge is 2.16. The van der Waals surface area contributed by atoms with Gasteiger partial charge in [-0.1, -0.05) is 0 Å². The lowest BCUT2D eigenvalue weighted by Gasteiger charge is -2.18. The molecule has 0 atom stereocenters. The maximum absolute atomic E-state index is 12.0. The fourth-order valence-electron chi connectivity index (χ4n) is 1.53. The quantitative estimate of drug-likeness (QED) is 0.760. The number of ether oxygens (including phenoxy) is 1. The number of benzene rings is 1. The standard InChI is InChI=1S/C13H23N3O3S/c1-11(2)19-13-7-5-12(6-8-13)15-20(17,18)16(3)10-4-9-14/h5-8,11,15H,4,9-10,14H2,1-3H3. The Morgan fingerprint density at radius 1 is 1.30 bits per heavy atom. The normalized spacial score (nSPS) is 11.9. The van der Waals surface area contributed by atoms with Crippen molar-refractivity contribution >= 4 is 15.9 Å². The molecule has 0 aliphatic carbocycles. The zero-order valence-corrected chi connectivity index (χ0v) is 13.0. The Bertz CT molecular complexity index is 500. The molecule has 0 amide bonds. The van der Waals surface area contributed by atoms with E-state index in [1.165, 1.54) is 11.4 Å². The summed E-state index contributed by atoms with van der Waals surface area (Å²) < 4.78 is 33.3. The monoisotopic (exact) mass is 301 g/mol. The van der Waals surface area contributed by atoms with Crippen LogP contribution in [-0.2, 0) is 10.2 Å². The van der Waals surface area contributed by atoms with E-state index in [1.54, 1.807) is 24.3 Å². The molecular weight excluding hydrogens is 278 g/mol. The summed E-state index contributed by atoms with van der Waals surface area (Å²) >= 11 is 0. The molecule has 0 saturated heterocycles. The van der Waals surface area contributed by atoms with Crippen LogP contribution in [0, 0.1) is 0 Å². The van der Waals surface area contributed by atoms with E-state index in [-0.39, 0.29) is 6.10 Å². The Hall–Kier alpha value is -1.31. The van der Waals surface area contributed by atoms with E-state index in [2.05, 4.69) is 4.72 Å². The predicted octanol–water partition coefficient (Wildman–Crippen LogP) is 1.41. The van der Waals surface area contributed by atoms with E-state index in [4.69, 9.17) is 10.5 Å². The molecule has 0 spiro atoms. The zero-order valence-electron chi connectivity index (χ0n) is 12.2. The molecule has 6 nitrogen and oxygen atoms in total. The number of nitrogens with one attached hydrogen (secondary N) is 1. The van der Waals surface area contributed by atoms with Crippen molar-refractivity contribution in [2.75, 3.05) is 24.9 Å². The molecule has 3 N–H and O–H groups in total. The van der Waals surface area contributed by atoms with Crippen molar-refractivity contribution in [3.05, 3.63) is 24.3 Å². The van der Waals surface area contributed by atoms with Gasteiger partial charge in [0.2, 0.25) is 0 Å². The summed E-state index contributed by atoms with van der Waals surface area (Å²) in [5.41, 5.74) is 5.87. The van der Waals surface area contributed by atoms with Crippen LogP contribution in [0.15, 0.2) is 24.3 Å². The van der Waals surface area contributed by atoms with Crippen LogP contribution in [-0.4, -0.2) is 39.0 Å². The second-order valence-electron chi connectivity index (χ2n) is 4.76. The average Bonchev–Trinajstić information content (AvgIpc) is 2.37. The zero-order chi connectivity index (χ0) is 15.2. The Morgan fingerprint density at radius 3 is 2.40 bits per heavy atom. The van der Waals surface area contributed by atoms with Crippen LogP contribution in [0.25, 0.3) is 0 Å². The van der Waals surface area contributed by atoms with Gasteiger partial charge in [-0.05, 0) is 51.1 Å². The van der Waals surface area contributed by atoms with Gasteiger partial charge >= 0.3 is 10.2 Å². The molecule has 0 saturated carbocycles. The van der Waals surface area contributed by atoms with Crippen molar-refractivity contribution in [2.24, 2.45) is 5.73 Å². The molecule has 0 radical (unpaired) electrons. The molecule has 0 aliphatic rings. The van der Waals surface area contributed by atoms with Gasteiger partial charge < -0.3 is 10.5 Å². The minimum Gasteiger partial charge on any atom is -0.491 e. The molecular formula is C13H23N3O3S. The maximum Gasteiger partial charge on any atom is 0.301 e. The lowest BCUT2D eigenvalue weighted by atomic mass is 10.3. The molecule has 0 heterocycles. The lowest BCUT2D eigenvalue weighted by Crippen LogP contribution is -2.34. The van der Waals surface area contributed by atoms with Crippen LogP contribution in [0.2, 0.25) is 0 Å². The van der Waals surface area contributed by atoms with Gasteiger partial charge in [-0.15, -0.1) is 0 Å². The molecule has 0 aliphatic heterocycles. The van der Waals surface area contributed by atoms with Crippen LogP contribution < -0.4 is 15.2 Å². The second kappa shape index (κ2) is 7.47. The van der Waals surface area contributed by atoms with E-state index in [0.717, 1.165) is 0 Å². The number of hydrogen-bond donors (Lipinski definition) is 2. The Balaban J connectivity index is 2.67. The van der Waals surface area contributed by atoms with Crippen LogP contribution >= 0.6 is 0 Å². The first-order valence-electron chi connectivity index (χ1n) is 6.56. The third-order valence-electron chi connectivity index (χ3n) is 2.56. The van der Waals surface area contributed by atoms with Crippen LogP contribution in [0.1, 0.15) is 20.3 Å². The lowest BCUT2D eigenvalue weighted by molar-refractivity contribution is 0.242. The van der Waals surface area contributed by atoms with E-state index in [9.17, 15) is 8.42 Å². The number of nitrogens with zero attached hydrogens (tertiary/aromatic N) is 1. The minimum atomic E-state index is -3.53. The highest BCUT2D eigenvalue weighted by molar-refractivity contribution is 7.90. The fraction of sp³-hybridized carbons (Fsp3) is 0.538. The summed E-state index contributed by atoms with van der Waals surface area (Å²) in [6.45, 7) is 4.72. The summed E-state index contributed by atoms with van der Waals surface area (Å²) in [5, 5.41) is 0. The Labute approximate surface area is 121 Å². The largest absolute Gasteiger partial charge is 0.491 e. The smallest absolute Gasteiger partial charge is 0.301 e. The molecule has 0 unspecified atom stereocenters. The molecule has 1 aromatic carbocycles. The van der Waals surface area contributed by atoms with Gasteiger partial charge in [0.15, 0.2) is 0 Å². The topological polar surface area (TPSA) is 84.7 Å². The molecule has 1 rings (SSSR count). The summed E-state index contributed by atoms with van der Waals surface area (Å²) in [4.78, 5) is 0. The minimum absolute atomic E-state index is 0.0833. The van der Waals surface area contributed by atoms with Crippen molar-refractivity contribution in [3.8, 4) is 5.75 Å². The number of nitrogens with two attached hydrogens (primary N) is 1. The highest BCUT2D eigenvalue weighted by Crippen LogP contribution is 2.18. The van der Waals surface area contributed by atoms with Gasteiger partial charge in [0.05, 0.1) is 11.8 Å². The van der Waals surface area contributed by atoms with Gasteiger partial charge in [-0.3, -0.25) is 4.72 Å². The van der Waals surface area contributed by atoms with E-state index < -0.39 is 10.2 Å². The fourth-order valence-corrected chi connectivity index (χ4v) is 2.49. The van der Waals surface area contributed by atoms with Gasteiger partial charge in [-0.25, -0.2) is 0 Å². The van der Waals surface area contributed by atoms with Gasteiger partial charge in [0.1, 0.15) is 5.75 Å². The van der Waals surface area contributed by atoms with Gasteiger partial charge in [0, 0.05) is 13.6 Å². The molecule has 0 fully saturated rings. The SMILES string of the molecule is CC(C)Oc1ccc(NS(=O)(=O)N(C)CCCN)cc1. The second-order valence-corrected chi connectivity index (χ2v) is 6.54.